The molecule has 2 aromatic rings. The highest BCUT2D eigenvalue weighted by molar-refractivity contribution is 7.98. The zero-order valence-electron chi connectivity index (χ0n) is 12.6. The second kappa shape index (κ2) is 9.02. The van der Waals surface area contributed by atoms with Gasteiger partial charge in [-0.05, 0) is 25.1 Å². The van der Waals surface area contributed by atoms with E-state index in [1.54, 1.807) is 17.8 Å². The molecule has 1 heterocycles. The van der Waals surface area contributed by atoms with Crippen LogP contribution in [-0.4, -0.2) is 14.2 Å². The van der Waals surface area contributed by atoms with Gasteiger partial charge in [0, 0.05) is 29.5 Å². The predicted octanol–water partition coefficient (Wildman–Crippen LogP) is -0.317. The number of aromatic nitrogens is 2. The Balaban J connectivity index is 0.000000505. The van der Waals surface area contributed by atoms with E-state index in [0.717, 1.165) is 16.3 Å². The van der Waals surface area contributed by atoms with Gasteiger partial charge in [-0.25, -0.2) is 4.98 Å². The van der Waals surface area contributed by atoms with Gasteiger partial charge in [0.1, 0.15) is 5.82 Å². The fourth-order valence-electron chi connectivity index (χ4n) is 1.53. The zero-order valence-corrected chi connectivity index (χ0v) is 15.7. The number of hydrogen-bond donors (Lipinski definition) is 2. The van der Waals surface area contributed by atoms with Gasteiger partial charge in [0.05, 0.1) is 24.9 Å². The quantitative estimate of drug-likeness (QED) is 0.662. The lowest BCUT2D eigenvalue weighted by atomic mass is 10.3. The normalized spacial score (nSPS) is 11.0. The number of nitrogens with zero attached hydrogens (tertiary/aromatic N) is 2. The number of nitrogens with one attached hydrogen (secondary N) is 1. The molecule has 0 spiro atoms. The topological polar surface area (TPSA) is 131 Å². The minimum absolute atomic E-state index is 0.322. The van der Waals surface area contributed by atoms with Gasteiger partial charge in [-0.15, -0.1) is 11.8 Å². The van der Waals surface area contributed by atoms with Crippen LogP contribution in [0.1, 0.15) is 11.4 Å². The molecule has 0 saturated heterocycles. The Morgan fingerprint density at radius 1 is 1.29 bits per heavy atom. The van der Waals surface area contributed by atoms with Gasteiger partial charge in [-0.3, -0.25) is 5.41 Å². The number of hydrogen-bond acceptors (Lipinski definition) is 7. The Kier molecular flexibility index (Phi) is 7.97. The van der Waals surface area contributed by atoms with E-state index in [4.69, 9.17) is 47.2 Å². The number of rotatable bonds is 3. The van der Waals surface area contributed by atoms with Crippen LogP contribution in [0.2, 0.25) is 10.0 Å². The van der Waals surface area contributed by atoms with E-state index in [1.165, 1.54) is 0 Å². The third-order valence-electron chi connectivity index (χ3n) is 2.72. The SMILES string of the molecule is Cc1nc(=N)c(CSc2ccc(Cl)c(Cl)c2)cn1C.[O-][Cl+3]([O-])([O-])O. The van der Waals surface area contributed by atoms with Gasteiger partial charge >= 0.3 is 0 Å². The van der Waals surface area contributed by atoms with Crippen LogP contribution < -0.4 is 19.5 Å². The number of aryl methyl sites for hydroxylation is 2. The Morgan fingerprint density at radius 2 is 1.88 bits per heavy atom. The Morgan fingerprint density at radius 3 is 2.42 bits per heavy atom. The summed E-state index contributed by atoms with van der Waals surface area (Å²) in [4.78, 5) is 5.21. The van der Waals surface area contributed by atoms with Gasteiger partial charge in [-0.1, -0.05) is 23.2 Å². The first-order valence-electron chi connectivity index (χ1n) is 6.26. The summed E-state index contributed by atoms with van der Waals surface area (Å²) >= 11 is 13.5. The van der Waals surface area contributed by atoms with E-state index in [-0.39, 0.29) is 0 Å². The van der Waals surface area contributed by atoms with E-state index in [9.17, 15) is 0 Å². The molecule has 0 bridgehead atoms. The molecule has 0 fully saturated rings. The maximum atomic E-state index is 8.60. The monoisotopic (exact) mass is 413 g/mol. The molecule has 0 aliphatic rings. The van der Waals surface area contributed by atoms with Crippen LogP contribution in [0.4, 0.5) is 0 Å². The van der Waals surface area contributed by atoms with Crippen molar-refractivity contribution in [3.05, 3.63) is 51.3 Å². The minimum Gasteiger partial charge on any atom is -0.339 e. The molecule has 7 nitrogen and oxygen atoms in total. The summed E-state index contributed by atoms with van der Waals surface area (Å²) in [7, 11) is -2.77. The Bertz CT molecular complexity index is 759. The van der Waals surface area contributed by atoms with Crippen molar-refractivity contribution in [2.75, 3.05) is 0 Å². The molecule has 1 aromatic carbocycles. The van der Waals surface area contributed by atoms with Crippen LogP contribution in [0.25, 0.3) is 0 Å². The average Bonchev–Trinajstić information content (AvgIpc) is 2.43. The fourth-order valence-corrected chi connectivity index (χ4v) is 2.80. The van der Waals surface area contributed by atoms with Gasteiger partial charge in [-0.2, -0.15) is 14.0 Å². The molecule has 11 heteroatoms. The number of benzene rings is 1. The van der Waals surface area contributed by atoms with E-state index < -0.39 is 10.2 Å². The maximum absolute atomic E-state index is 8.60. The Labute approximate surface area is 154 Å². The van der Waals surface area contributed by atoms with Crippen LogP contribution in [0.15, 0.2) is 29.3 Å². The number of halogens is 3. The average molecular weight is 415 g/mol. The van der Waals surface area contributed by atoms with Gasteiger partial charge < -0.3 is 4.57 Å². The smallest absolute Gasteiger partial charge is 0.152 e. The summed E-state index contributed by atoms with van der Waals surface area (Å²) in [6, 6.07) is 5.53. The largest absolute Gasteiger partial charge is 0.339 e. The van der Waals surface area contributed by atoms with Crippen molar-refractivity contribution < 1.29 is 28.9 Å². The minimum atomic E-state index is -4.69. The molecule has 0 unspecified atom stereocenters. The molecular weight excluding hydrogens is 401 g/mol. The van der Waals surface area contributed by atoms with E-state index in [2.05, 4.69) is 4.98 Å². The first-order valence-corrected chi connectivity index (χ1v) is 9.26. The molecule has 0 saturated carbocycles. The molecule has 1 aromatic heterocycles. The van der Waals surface area contributed by atoms with Crippen molar-refractivity contribution in [1.29, 1.82) is 5.41 Å². The third-order valence-corrected chi connectivity index (χ3v) is 4.50. The highest BCUT2D eigenvalue weighted by atomic mass is 35.7. The molecule has 2 N–H and O–H groups in total. The van der Waals surface area contributed by atoms with Crippen LogP contribution in [0.5, 0.6) is 0 Å². The van der Waals surface area contributed by atoms with Gasteiger partial charge in [0.25, 0.3) is 0 Å². The van der Waals surface area contributed by atoms with Crippen LogP contribution in [0.3, 0.4) is 0 Å². The Hall–Kier alpha value is -0.840. The third kappa shape index (κ3) is 7.82. The first-order chi connectivity index (χ1) is 11.0. The van der Waals surface area contributed by atoms with Gasteiger partial charge in [0.2, 0.25) is 0 Å². The van der Waals surface area contributed by atoms with Crippen molar-refractivity contribution in [1.82, 2.24) is 9.55 Å². The lowest BCUT2D eigenvalue weighted by molar-refractivity contribution is -1.92. The highest BCUT2D eigenvalue weighted by Gasteiger charge is 2.04. The van der Waals surface area contributed by atoms with E-state index >= 15 is 0 Å². The molecule has 0 amide bonds. The van der Waals surface area contributed by atoms with Crippen molar-refractivity contribution in [3.8, 4) is 0 Å². The predicted molar refractivity (Wildman–Crippen MR) is 82.0 cm³/mol. The van der Waals surface area contributed by atoms with E-state index in [0.29, 0.717) is 21.3 Å². The van der Waals surface area contributed by atoms with Crippen LogP contribution in [-0.2, 0) is 12.8 Å². The summed E-state index contributed by atoms with van der Waals surface area (Å²) in [5.41, 5.74) is 1.22. The molecule has 0 aliphatic heterocycles. The lowest BCUT2D eigenvalue weighted by Crippen LogP contribution is -2.58. The standard InChI is InChI=1S/C13H13Cl2N3S.ClHO4/c1-8-17-13(16)9(6-18(8)2)7-19-10-3-4-11(14)12(15)5-10;2-1(3,4)5/h3-6,16H,7H2,1-2H3;(H,2,3,4,5). The van der Waals surface area contributed by atoms with Crippen LogP contribution in [0, 0.1) is 22.6 Å². The summed E-state index contributed by atoms with van der Waals surface area (Å²) in [5, 5.41) is 8.96. The van der Waals surface area contributed by atoms with Crippen LogP contribution >= 0.6 is 35.0 Å². The van der Waals surface area contributed by atoms with Gasteiger partial charge in [0.15, 0.2) is 5.49 Å². The highest BCUT2D eigenvalue weighted by Crippen LogP contribution is 2.29. The molecule has 0 atom stereocenters. The summed E-state index contributed by atoms with van der Waals surface area (Å²) in [6.07, 6.45) is 1.94. The molecule has 132 valence electrons. The summed E-state index contributed by atoms with van der Waals surface area (Å²) in [6.45, 7) is 1.88. The summed E-state index contributed by atoms with van der Waals surface area (Å²) < 4.78 is 34.6. The zero-order chi connectivity index (χ0) is 18.5. The second-order valence-corrected chi connectivity index (χ2v) is 7.19. The molecule has 0 radical (unpaired) electrons. The molecule has 24 heavy (non-hydrogen) atoms. The van der Waals surface area contributed by atoms with E-state index in [1.807, 2.05) is 36.9 Å². The van der Waals surface area contributed by atoms with Crippen molar-refractivity contribution in [2.45, 2.75) is 17.6 Å². The van der Waals surface area contributed by atoms with Crippen molar-refractivity contribution in [3.63, 3.8) is 0 Å². The molecule has 0 aliphatic carbocycles. The number of thioether (sulfide) groups is 1. The van der Waals surface area contributed by atoms with Crippen molar-refractivity contribution >= 4 is 35.0 Å². The summed E-state index contributed by atoms with van der Waals surface area (Å²) in [5.74, 6) is 1.51. The lowest BCUT2D eigenvalue weighted by Gasteiger charge is -2.07. The fraction of sp³-hybridized carbons (Fsp3) is 0.231. The molecular formula is C13H14Cl3N3O4S. The second-order valence-electron chi connectivity index (χ2n) is 4.53. The van der Waals surface area contributed by atoms with Crippen molar-refractivity contribution in [2.24, 2.45) is 7.05 Å². The first kappa shape index (κ1) is 21.2. The molecule has 2 rings (SSSR count). The maximum Gasteiger partial charge on any atom is 0.152 e.